The molecule has 0 saturated carbocycles. The summed E-state index contributed by atoms with van der Waals surface area (Å²) in [6.07, 6.45) is 2.03. The van der Waals surface area contributed by atoms with E-state index in [0.29, 0.717) is 39.2 Å². The van der Waals surface area contributed by atoms with Crippen molar-refractivity contribution < 1.29 is 14.3 Å². The number of amides is 2. The van der Waals surface area contributed by atoms with Gasteiger partial charge in [0.1, 0.15) is 0 Å². The van der Waals surface area contributed by atoms with E-state index in [-0.39, 0.29) is 12.0 Å². The molecule has 1 heterocycles. The van der Waals surface area contributed by atoms with E-state index in [1.165, 1.54) is 11.1 Å². The Morgan fingerprint density at radius 1 is 0.957 bits per heavy atom. The normalized spacial score (nSPS) is 14.7. The minimum absolute atomic E-state index is 0.160. The van der Waals surface area contributed by atoms with Crippen LogP contribution in [0.1, 0.15) is 31.4 Å². The third kappa shape index (κ3) is 4.98. The van der Waals surface area contributed by atoms with Crippen LogP contribution in [0.25, 0.3) is 0 Å². The lowest BCUT2D eigenvalue weighted by Gasteiger charge is -2.34. The van der Waals surface area contributed by atoms with E-state index in [4.69, 9.17) is 4.74 Å². The van der Waals surface area contributed by atoms with Gasteiger partial charge in [-0.25, -0.2) is 4.79 Å². The maximum Gasteiger partial charge on any atom is 0.409 e. The van der Waals surface area contributed by atoms with Crippen LogP contribution >= 0.6 is 0 Å². The van der Waals surface area contributed by atoms with Crippen LogP contribution in [0.5, 0.6) is 0 Å². The molecule has 1 aliphatic heterocycles. The summed E-state index contributed by atoms with van der Waals surface area (Å²) in [4.78, 5) is 27.4. The highest BCUT2D eigenvalue weighted by molar-refractivity contribution is 5.77. The Labute approximate surface area is 138 Å². The van der Waals surface area contributed by atoms with Crippen molar-refractivity contribution >= 4 is 12.0 Å². The quantitative estimate of drug-likeness (QED) is 0.838. The Kier molecular flexibility index (Phi) is 6.44. The largest absolute Gasteiger partial charge is 0.450 e. The molecule has 1 saturated heterocycles. The Hall–Kier alpha value is -2.04. The van der Waals surface area contributed by atoms with Crippen LogP contribution in [0, 0.1) is 0 Å². The van der Waals surface area contributed by atoms with Crippen molar-refractivity contribution in [1.82, 2.24) is 9.80 Å². The fourth-order valence-electron chi connectivity index (χ4n) is 2.70. The minimum Gasteiger partial charge on any atom is -0.450 e. The third-order valence-electron chi connectivity index (χ3n) is 4.22. The zero-order valence-corrected chi connectivity index (χ0v) is 14.1. The number of aryl methyl sites for hydroxylation is 2. The molecule has 23 heavy (non-hydrogen) atoms. The fraction of sp³-hybridized carbons (Fsp3) is 0.556. The van der Waals surface area contributed by atoms with E-state index in [0.717, 1.165) is 12.8 Å². The number of hydrogen-bond donors (Lipinski definition) is 0. The lowest BCUT2D eigenvalue weighted by Crippen LogP contribution is -2.50. The van der Waals surface area contributed by atoms with Gasteiger partial charge in [-0.3, -0.25) is 4.79 Å². The average molecular weight is 318 g/mol. The number of rotatable bonds is 5. The molecule has 0 aromatic heterocycles. The van der Waals surface area contributed by atoms with Gasteiger partial charge < -0.3 is 14.5 Å². The Morgan fingerprint density at radius 3 is 2.09 bits per heavy atom. The summed E-state index contributed by atoms with van der Waals surface area (Å²) < 4.78 is 4.98. The van der Waals surface area contributed by atoms with Crippen molar-refractivity contribution in [1.29, 1.82) is 0 Å². The second-order valence-corrected chi connectivity index (χ2v) is 5.74. The van der Waals surface area contributed by atoms with Crippen molar-refractivity contribution in [3.8, 4) is 0 Å². The highest BCUT2D eigenvalue weighted by Gasteiger charge is 2.24. The first-order valence-corrected chi connectivity index (χ1v) is 8.41. The summed E-state index contributed by atoms with van der Waals surface area (Å²) in [5.74, 6) is 0.160. The monoisotopic (exact) mass is 318 g/mol. The van der Waals surface area contributed by atoms with Gasteiger partial charge in [0, 0.05) is 32.6 Å². The van der Waals surface area contributed by atoms with E-state index in [1.54, 1.807) is 11.8 Å². The van der Waals surface area contributed by atoms with Crippen LogP contribution in [0.3, 0.4) is 0 Å². The summed E-state index contributed by atoms with van der Waals surface area (Å²) in [6, 6.07) is 8.45. The molecule has 0 unspecified atom stereocenters. The number of hydrogen-bond acceptors (Lipinski definition) is 3. The minimum atomic E-state index is -0.282. The van der Waals surface area contributed by atoms with E-state index in [1.807, 2.05) is 4.90 Å². The second-order valence-electron chi connectivity index (χ2n) is 5.74. The molecular weight excluding hydrogens is 292 g/mol. The zero-order chi connectivity index (χ0) is 16.7. The molecule has 1 aliphatic rings. The van der Waals surface area contributed by atoms with Crippen LogP contribution in [0.4, 0.5) is 4.79 Å². The number of benzene rings is 1. The van der Waals surface area contributed by atoms with Gasteiger partial charge in [-0.15, -0.1) is 0 Å². The van der Waals surface area contributed by atoms with Gasteiger partial charge in [0.15, 0.2) is 0 Å². The van der Waals surface area contributed by atoms with Crippen LogP contribution in [0.15, 0.2) is 24.3 Å². The highest BCUT2D eigenvalue weighted by Crippen LogP contribution is 2.10. The number of nitrogens with zero attached hydrogens (tertiary/aromatic N) is 2. The molecule has 126 valence electrons. The van der Waals surface area contributed by atoms with Crippen molar-refractivity contribution in [2.75, 3.05) is 32.8 Å². The van der Waals surface area contributed by atoms with Gasteiger partial charge in [0.25, 0.3) is 0 Å². The molecule has 0 atom stereocenters. The molecule has 0 bridgehead atoms. The average Bonchev–Trinajstić information content (AvgIpc) is 2.60. The van der Waals surface area contributed by atoms with Crippen LogP contribution in [-0.2, 0) is 22.4 Å². The first-order chi connectivity index (χ1) is 11.1. The smallest absolute Gasteiger partial charge is 0.409 e. The predicted molar refractivity (Wildman–Crippen MR) is 89.3 cm³/mol. The molecule has 0 N–H and O–H groups in total. The Bertz CT molecular complexity index is 520. The summed E-state index contributed by atoms with van der Waals surface area (Å²) >= 11 is 0. The van der Waals surface area contributed by atoms with Crippen molar-refractivity contribution in [3.63, 3.8) is 0 Å². The number of carbonyl (C=O) groups excluding carboxylic acids is 2. The van der Waals surface area contributed by atoms with Gasteiger partial charge in [-0.1, -0.05) is 31.2 Å². The molecule has 1 aromatic carbocycles. The van der Waals surface area contributed by atoms with Crippen LogP contribution in [-0.4, -0.2) is 54.6 Å². The molecule has 5 nitrogen and oxygen atoms in total. The molecule has 0 aliphatic carbocycles. The van der Waals surface area contributed by atoms with Gasteiger partial charge in [-0.2, -0.15) is 0 Å². The molecule has 2 amide bonds. The molecule has 5 heteroatoms. The van der Waals surface area contributed by atoms with E-state index in [9.17, 15) is 9.59 Å². The first kappa shape index (κ1) is 17.3. The van der Waals surface area contributed by atoms with Gasteiger partial charge >= 0.3 is 6.09 Å². The Balaban J connectivity index is 1.75. The van der Waals surface area contributed by atoms with Crippen molar-refractivity contribution in [3.05, 3.63) is 35.4 Å². The van der Waals surface area contributed by atoms with Gasteiger partial charge in [0.05, 0.1) is 6.61 Å². The standard InChI is InChI=1S/C18H26N2O3/c1-3-15-5-7-16(8-6-15)9-10-17(21)19-11-13-20(14-12-19)18(22)23-4-2/h5-8H,3-4,9-14H2,1-2H3. The van der Waals surface area contributed by atoms with E-state index < -0.39 is 0 Å². The van der Waals surface area contributed by atoms with Crippen molar-refractivity contribution in [2.45, 2.75) is 33.1 Å². The number of piperazine rings is 1. The third-order valence-corrected chi connectivity index (χ3v) is 4.22. The SMILES string of the molecule is CCOC(=O)N1CCN(C(=O)CCc2ccc(CC)cc2)CC1. The number of carbonyl (C=O) groups is 2. The molecular formula is C18H26N2O3. The van der Waals surface area contributed by atoms with Gasteiger partial charge in [0.2, 0.25) is 5.91 Å². The molecule has 0 spiro atoms. The lowest BCUT2D eigenvalue weighted by molar-refractivity contribution is -0.132. The maximum absolute atomic E-state index is 12.3. The van der Waals surface area contributed by atoms with Crippen LogP contribution < -0.4 is 0 Å². The number of ether oxygens (including phenoxy) is 1. The molecule has 2 rings (SSSR count). The summed E-state index contributed by atoms with van der Waals surface area (Å²) in [5, 5.41) is 0. The van der Waals surface area contributed by atoms with Crippen molar-refractivity contribution in [2.24, 2.45) is 0 Å². The second kappa shape index (κ2) is 8.56. The van der Waals surface area contributed by atoms with Gasteiger partial charge in [-0.05, 0) is 30.9 Å². The molecule has 1 fully saturated rings. The maximum atomic E-state index is 12.3. The predicted octanol–water partition coefficient (Wildman–Crippen LogP) is 2.48. The summed E-state index contributed by atoms with van der Waals surface area (Å²) in [6.45, 7) is 6.60. The van der Waals surface area contributed by atoms with E-state index >= 15 is 0 Å². The Morgan fingerprint density at radius 2 is 1.52 bits per heavy atom. The highest BCUT2D eigenvalue weighted by atomic mass is 16.6. The summed E-state index contributed by atoms with van der Waals surface area (Å²) in [7, 11) is 0. The fourth-order valence-corrected chi connectivity index (χ4v) is 2.70. The first-order valence-electron chi connectivity index (χ1n) is 8.41. The molecule has 0 radical (unpaired) electrons. The summed E-state index contributed by atoms with van der Waals surface area (Å²) in [5.41, 5.74) is 2.51. The van der Waals surface area contributed by atoms with E-state index in [2.05, 4.69) is 31.2 Å². The lowest BCUT2D eigenvalue weighted by atomic mass is 10.1. The zero-order valence-electron chi connectivity index (χ0n) is 14.1. The topological polar surface area (TPSA) is 49.9 Å². The van der Waals surface area contributed by atoms with Crippen LogP contribution in [0.2, 0.25) is 0 Å². The molecule has 1 aromatic rings.